The lowest BCUT2D eigenvalue weighted by Gasteiger charge is -2.23. The minimum absolute atomic E-state index is 0.478. The molecule has 32 heavy (non-hydrogen) atoms. The predicted molar refractivity (Wildman–Crippen MR) is 127 cm³/mol. The summed E-state index contributed by atoms with van der Waals surface area (Å²) in [5.74, 6) is 3.11. The van der Waals surface area contributed by atoms with Crippen LogP contribution in [0.5, 0.6) is 0 Å². The van der Waals surface area contributed by atoms with Crippen molar-refractivity contribution in [3.63, 3.8) is 0 Å². The van der Waals surface area contributed by atoms with Gasteiger partial charge in [0, 0.05) is 30.0 Å². The highest BCUT2D eigenvalue weighted by Crippen LogP contribution is 2.48. The number of hydrogen-bond donors (Lipinski definition) is 1. The van der Waals surface area contributed by atoms with Crippen molar-refractivity contribution in [2.24, 2.45) is 5.92 Å². The van der Waals surface area contributed by atoms with Gasteiger partial charge in [0.05, 0.1) is 12.2 Å². The largest absolute Gasteiger partial charge is 0.384 e. The number of benzene rings is 1. The summed E-state index contributed by atoms with van der Waals surface area (Å²) in [4.78, 5) is 15.7. The standard InChI is InChI=1S/C25H25ClN6/c26-20-3-1-2-17(8-20)22-9-19(22)12-32(25-10-23(27)28-15-29-25)14-21-13-31-11-18(16-4-5-16)6-7-24(31)30-21/h1-3,6-8,10-11,13,15-16,19,22H,4-5,9,12,14H2,(H2,27,28,29)/t19-,22-/m1/s1. The van der Waals surface area contributed by atoms with Gasteiger partial charge in [-0.2, -0.15) is 0 Å². The summed E-state index contributed by atoms with van der Waals surface area (Å²) in [6.45, 7) is 1.56. The molecular formula is C25H25ClN6. The molecule has 2 N–H and O–H groups in total. The van der Waals surface area contributed by atoms with Gasteiger partial charge >= 0.3 is 0 Å². The van der Waals surface area contributed by atoms with Gasteiger partial charge in [-0.3, -0.25) is 0 Å². The van der Waals surface area contributed by atoms with Gasteiger partial charge in [0.15, 0.2) is 0 Å². The van der Waals surface area contributed by atoms with E-state index in [2.05, 4.69) is 55.9 Å². The lowest BCUT2D eigenvalue weighted by Crippen LogP contribution is -2.27. The molecule has 0 amide bonds. The zero-order chi connectivity index (χ0) is 21.7. The normalized spacial score (nSPS) is 19.9. The third kappa shape index (κ3) is 4.02. The molecule has 7 heteroatoms. The number of rotatable bonds is 7. The molecule has 2 saturated carbocycles. The summed E-state index contributed by atoms with van der Waals surface area (Å²) < 4.78 is 2.15. The molecule has 0 aliphatic heterocycles. The van der Waals surface area contributed by atoms with Crippen molar-refractivity contribution < 1.29 is 0 Å². The van der Waals surface area contributed by atoms with Crippen LogP contribution >= 0.6 is 11.6 Å². The van der Waals surface area contributed by atoms with Crippen molar-refractivity contribution in [2.45, 2.75) is 37.6 Å². The first-order valence-electron chi connectivity index (χ1n) is 11.2. The van der Waals surface area contributed by atoms with Gasteiger partial charge in [-0.25, -0.2) is 15.0 Å². The molecule has 0 spiro atoms. The van der Waals surface area contributed by atoms with E-state index in [1.54, 1.807) is 0 Å². The smallest absolute Gasteiger partial charge is 0.137 e. The molecule has 6 nitrogen and oxygen atoms in total. The number of halogens is 1. The van der Waals surface area contributed by atoms with Crippen molar-refractivity contribution in [1.82, 2.24) is 19.4 Å². The molecule has 2 aliphatic rings. The molecular weight excluding hydrogens is 420 g/mol. The molecule has 0 unspecified atom stereocenters. The van der Waals surface area contributed by atoms with Gasteiger partial charge in [-0.05, 0) is 66.3 Å². The van der Waals surface area contributed by atoms with Crippen LogP contribution in [-0.2, 0) is 6.54 Å². The third-order valence-corrected chi connectivity index (χ3v) is 6.81. The maximum Gasteiger partial charge on any atom is 0.137 e. The monoisotopic (exact) mass is 444 g/mol. The van der Waals surface area contributed by atoms with Crippen LogP contribution in [0.15, 0.2) is 61.2 Å². The Labute approximate surface area is 192 Å². The molecule has 2 aliphatic carbocycles. The van der Waals surface area contributed by atoms with Gasteiger partial charge in [-0.1, -0.05) is 29.8 Å². The van der Waals surface area contributed by atoms with Crippen LogP contribution in [0.1, 0.15) is 47.9 Å². The van der Waals surface area contributed by atoms with E-state index in [0.717, 1.165) is 41.1 Å². The van der Waals surface area contributed by atoms with Crippen LogP contribution in [-0.4, -0.2) is 25.9 Å². The first kappa shape index (κ1) is 19.6. The van der Waals surface area contributed by atoms with Crippen molar-refractivity contribution >= 4 is 28.9 Å². The fourth-order valence-corrected chi connectivity index (χ4v) is 4.84. The van der Waals surface area contributed by atoms with Crippen molar-refractivity contribution in [3.8, 4) is 0 Å². The Morgan fingerprint density at radius 2 is 1.97 bits per heavy atom. The van der Waals surface area contributed by atoms with Crippen molar-refractivity contribution in [1.29, 1.82) is 0 Å². The minimum Gasteiger partial charge on any atom is -0.384 e. The maximum absolute atomic E-state index is 6.21. The highest BCUT2D eigenvalue weighted by Gasteiger charge is 2.39. The number of nitrogens with zero attached hydrogens (tertiary/aromatic N) is 5. The third-order valence-electron chi connectivity index (χ3n) is 6.58. The molecule has 4 aromatic rings. The Bertz CT molecular complexity index is 1280. The summed E-state index contributed by atoms with van der Waals surface area (Å²) in [5, 5.41) is 0.795. The number of fused-ring (bicyclic) bond motifs is 1. The number of nitrogen functional groups attached to an aromatic ring is 1. The second-order valence-corrected chi connectivity index (χ2v) is 9.51. The minimum atomic E-state index is 0.478. The van der Waals surface area contributed by atoms with E-state index in [1.807, 2.05) is 18.2 Å². The number of imidazole rings is 1. The molecule has 162 valence electrons. The number of anilines is 2. The predicted octanol–water partition coefficient (Wildman–Crippen LogP) is 5.05. The van der Waals surface area contributed by atoms with Gasteiger partial charge in [0.2, 0.25) is 0 Å². The average molecular weight is 445 g/mol. The van der Waals surface area contributed by atoms with E-state index in [4.69, 9.17) is 22.3 Å². The number of aromatic nitrogens is 4. The zero-order valence-electron chi connectivity index (χ0n) is 17.7. The van der Waals surface area contributed by atoms with Crippen LogP contribution in [0.4, 0.5) is 11.6 Å². The second-order valence-electron chi connectivity index (χ2n) is 9.07. The van der Waals surface area contributed by atoms with Crippen LogP contribution < -0.4 is 10.6 Å². The maximum atomic E-state index is 6.21. The summed E-state index contributed by atoms with van der Waals surface area (Å²) in [7, 11) is 0. The summed E-state index contributed by atoms with van der Waals surface area (Å²) >= 11 is 6.21. The second kappa shape index (κ2) is 7.78. The fourth-order valence-electron chi connectivity index (χ4n) is 4.64. The Balaban J connectivity index is 1.25. The van der Waals surface area contributed by atoms with Gasteiger partial charge in [-0.15, -0.1) is 0 Å². The molecule has 6 rings (SSSR count). The molecule has 3 heterocycles. The van der Waals surface area contributed by atoms with Crippen molar-refractivity contribution in [3.05, 3.63) is 83.0 Å². The topological polar surface area (TPSA) is 72.3 Å². The van der Waals surface area contributed by atoms with E-state index in [9.17, 15) is 0 Å². The fraction of sp³-hybridized carbons (Fsp3) is 0.320. The lowest BCUT2D eigenvalue weighted by atomic mass is 10.1. The van der Waals surface area contributed by atoms with Gasteiger partial charge in [0.1, 0.15) is 23.6 Å². The Morgan fingerprint density at radius 1 is 1.06 bits per heavy atom. The average Bonchev–Trinajstić information content (AvgIpc) is 3.70. The van der Waals surface area contributed by atoms with Crippen LogP contribution in [0.3, 0.4) is 0 Å². The van der Waals surface area contributed by atoms with E-state index in [0.29, 0.717) is 24.2 Å². The summed E-state index contributed by atoms with van der Waals surface area (Å²) in [6, 6.07) is 14.4. The number of hydrogen-bond acceptors (Lipinski definition) is 5. The highest BCUT2D eigenvalue weighted by atomic mass is 35.5. The van der Waals surface area contributed by atoms with Crippen LogP contribution in [0, 0.1) is 5.92 Å². The molecule has 0 saturated heterocycles. The molecule has 2 atom stereocenters. The van der Waals surface area contributed by atoms with E-state index >= 15 is 0 Å². The molecule has 1 aromatic carbocycles. The Morgan fingerprint density at radius 3 is 2.78 bits per heavy atom. The van der Waals surface area contributed by atoms with E-state index < -0.39 is 0 Å². The zero-order valence-corrected chi connectivity index (χ0v) is 18.5. The highest BCUT2D eigenvalue weighted by molar-refractivity contribution is 6.30. The Kier molecular flexibility index (Phi) is 4.76. The summed E-state index contributed by atoms with van der Waals surface area (Å²) in [5.41, 5.74) is 10.7. The summed E-state index contributed by atoms with van der Waals surface area (Å²) in [6.07, 6.45) is 9.64. The van der Waals surface area contributed by atoms with Crippen LogP contribution in [0.2, 0.25) is 5.02 Å². The number of pyridine rings is 1. The quantitative estimate of drug-likeness (QED) is 0.432. The number of nitrogens with two attached hydrogens (primary N) is 1. The van der Waals surface area contributed by atoms with Crippen LogP contribution in [0.25, 0.3) is 5.65 Å². The molecule has 0 radical (unpaired) electrons. The lowest BCUT2D eigenvalue weighted by molar-refractivity contribution is 0.690. The first-order chi connectivity index (χ1) is 15.6. The van der Waals surface area contributed by atoms with E-state index in [-0.39, 0.29) is 0 Å². The van der Waals surface area contributed by atoms with Gasteiger partial charge in [0.25, 0.3) is 0 Å². The Hall–Kier alpha value is -3.12. The molecule has 0 bridgehead atoms. The van der Waals surface area contributed by atoms with Gasteiger partial charge < -0.3 is 15.0 Å². The SMILES string of the molecule is Nc1cc(N(Cc2cn3cc(C4CC4)ccc3n2)C[C@H]2C[C@@H]2c2cccc(Cl)c2)ncn1. The first-order valence-corrected chi connectivity index (χ1v) is 11.6. The molecule has 2 fully saturated rings. The van der Waals surface area contributed by atoms with E-state index in [1.165, 1.54) is 30.3 Å². The van der Waals surface area contributed by atoms with Crippen molar-refractivity contribution in [2.75, 3.05) is 17.2 Å². The molecule has 3 aromatic heterocycles.